The number of aliphatic hydroxyl groups excluding tert-OH is 1. The standard InChI is InChI=1S/C11H16N2O4/c1-6-7(2)10(17-8(6)5-14)13-4-3-9(15)12-11(13)16/h3-4,6-8,10,14H,5H2,1-2H3,(H,12,15,16)/t6-,7-,8+,10+/m0/s1. The van der Waals surface area contributed by atoms with E-state index in [4.69, 9.17) is 9.84 Å². The van der Waals surface area contributed by atoms with Gasteiger partial charge < -0.3 is 9.84 Å². The molecule has 94 valence electrons. The van der Waals surface area contributed by atoms with Crippen molar-refractivity contribution in [2.75, 3.05) is 6.61 Å². The molecule has 0 spiro atoms. The number of nitrogens with zero attached hydrogens (tertiary/aromatic N) is 1. The van der Waals surface area contributed by atoms with Crippen molar-refractivity contribution in [1.29, 1.82) is 0 Å². The van der Waals surface area contributed by atoms with Gasteiger partial charge in [-0.05, 0) is 5.92 Å². The van der Waals surface area contributed by atoms with Crippen LogP contribution in [-0.4, -0.2) is 27.4 Å². The first kappa shape index (κ1) is 12.1. The van der Waals surface area contributed by atoms with Crippen molar-refractivity contribution >= 4 is 0 Å². The Bertz CT molecular complexity index is 507. The number of aliphatic hydroxyl groups is 1. The number of hydrogen-bond acceptors (Lipinski definition) is 4. The molecule has 0 unspecified atom stereocenters. The molecule has 1 saturated heterocycles. The molecule has 0 radical (unpaired) electrons. The third kappa shape index (κ3) is 2.05. The highest BCUT2D eigenvalue weighted by atomic mass is 16.5. The zero-order chi connectivity index (χ0) is 12.6. The molecule has 0 aromatic carbocycles. The predicted molar refractivity (Wildman–Crippen MR) is 60.6 cm³/mol. The van der Waals surface area contributed by atoms with Crippen LogP contribution in [0.3, 0.4) is 0 Å². The van der Waals surface area contributed by atoms with Crippen molar-refractivity contribution in [3.05, 3.63) is 33.1 Å². The van der Waals surface area contributed by atoms with Crippen LogP contribution in [-0.2, 0) is 4.74 Å². The Morgan fingerprint density at radius 1 is 1.41 bits per heavy atom. The van der Waals surface area contributed by atoms with Gasteiger partial charge in [-0.3, -0.25) is 14.3 Å². The minimum atomic E-state index is -0.486. The van der Waals surface area contributed by atoms with E-state index in [1.54, 1.807) is 0 Å². The van der Waals surface area contributed by atoms with Crippen LogP contribution in [0.2, 0.25) is 0 Å². The lowest BCUT2D eigenvalue weighted by Gasteiger charge is -2.18. The average molecular weight is 240 g/mol. The maximum absolute atomic E-state index is 11.6. The zero-order valence-electron chi connectivity index (χ0n) is 9.79. The molecule has 6 heteroatoms. The van der Waals surface area contributed by atoms with E-state index in [9.17, 15) is 9.59 Å². The Kier molecular flexibility index (Phi) is 3.17. The molecule has 0 amide bonds. The van der Waals surface area contributed by atoms with Crippen molar-refractivity contribution in [3.63, 3.8) is 0 Å². The highest BCUT2D eigenvalue weighted by molar-refractivity contribution is 4.90. The van der Waals surface area contributed by atoms with E-state index >= 15 is 0 Å². The molecule has 1 aromatic heterocycles. The molecule has 1 aromatic rings. The molecule has 0 saturated carbocycles. The molecule has 2 rings (SSSR count). The minimum Gasteiger partial charge on any atom is -0.394 e. The monoisotopic (exact) mass is 240 g/mol. The van der Waals surface area contributed by atoms with E-state index in [2.05, 4.69) is 4.98 Å². The number of aromatic amines is 1. The molecule has 0 bridgehead atoms. The minimum absolute atomic E-state index is 0.0693. The van der Waals surface area contributed by atoms with Crippen molar-refractivity contribution in [3.8, 4) is 0 Å². The molecule has 2 N–H and O–H groups in total. The fourth-order valence-electron chi connectivity index (χ4n) is 2.18. The largest absolute Gasteiger partial charge is 0.394 e. The number of nitrogens with one attached hydrogen (secondary N) is 1. The first-order valence-electron chi connectivity index (χ1n) is 5.62. The van der Waals surface area contributed by atoms with Gasteiger partial charge in [0.25, 0.3) is 5.56 Å². The Hall–Kier alpha value is -1.40. The Morgan fingerprint density at radius 3 is 2.65 bits per heavy atom. The second kappa shape index (κ2) is 4.46. The van der Waals surface area contributed by atoms with E-state index in [-0.39, 0.29) is 24.5 Å². The highest BCUT2D eigenvalue weighted by Crippen LogP contribution is 2.37. The second-order valence-corrected chi connectivity index (χ2v) is 4.48. The van der Waals surface area contributed by atoms with E-state index in [1.165, 1.54) is 16.8 Å². The van der Waals surface area contributed by atoms with E-state index in [0.29, 0.717) is 0 Å². The van der Waals surface area contributed by atoms with Gasteiger partial charge in [-0.25, -0.2) is 4.79 Å². The Morgan fingerprint density at radius 2 is 2.12 bits per heavy atom. The first-order chi connectivity index (χ1) is 8.04. The molecule has 6 nitrogen and oxygen atoms in total. The zero-order valence-corrected chi connectivity index (χ0v) is 9.79. The van der Waals surface area contributed by atoms with Crippen molar-refractivity contribution in [1.82, 2.24) is 9.55 Å². The quantitative estimate of drug-likeness (QED) is 0.743. The fraction of sp³-hybridized carbons (Fsp3) is 0.636. The van der Waals surface area contributed by atoms with Gasteiger partial charge in [-0.15, -0.1) is 0 Å². The molecule has 1 fully saturated rings. The van der Waals surface area contributed by atoms with E-state index in [0.717, 1.165) is 0 Å². The fourth-order valence-corrected chi connectivity index (χ4v) is 2.18. The summed E-state index contributed by atoms with van der Waals surface area (Å²) in [5.41, 5.74) is -0.913. The number of aromatic nitrogens is 2. The maximum Gasteiger partial charge on any atom is 0.330 e. The lowest BCUT2D eigenvalue weighted by Crippen LogP contribution is -2.33. The van der Waals surface area contributed by atoms with Gasteiger partial charge in [0.2, 0.25) is 0 Å². The molecule has 17 heavy (non-hydrogen) atoms. The van der Waals surface area contributed by atoms with Gasteiger partial charge in [0.05, 0.1) is 12.7 Å². The summed E-state index contributed by atoms with van der Waals surface area (Å²) in [5.74, 6) is 0.250. The third-order valence-electron chi connectivity index (χ3n) is 3.49. The Labute approximate surface area is 97.9 Å². The van der Waals surface area contributed by atoms with Crippen LogP contribution in [0.15, 0.2) is 21.9 Å². The summed E-state index contributed by atoms with van der Waals surface area (Å²) in [6, 6.07) is 1.29. The number of rotatable bonds is 2. The van der Waals surface area contributed by atoms with Crippen molar-refractivity contribution in [2.45, 2.75) is 26.2 Å². The summed E-state index contributed by atoms with van der Waals surface area (Å²) in [4.78, 5) is 24.8. The lowest BCUT2D eigenvalue weighted by atomic mass is 9.93. The van der Waals surface area contributed by atoms with Crippen LogP contribution in [0.4, 0.5) is 0 Å². The van der Waals surface area contributed by atoms with Crippen LogP contribution >= 0.6 is 0 Å². The average Bonchev–Trinajstić information content (AvgIpc) is 2.57. The van der Waals surface area contributed by atoms with Crippen LogP contribution in [0.5, 0.6) is 0 Å². The molecular weight excluding hydrogens is 224 g/mol. The summed E-state index contributed by atoms with van der Waals surface area (Å²) < 4.78 is 6.99. The Balaban J connectivity index is 2.35. The summed E-state index contributed by atoms with van der Waals surface area (Å²) in [7, 11) is 0. The molecule has 0 aliphatic carbocycles. The highest BCUT2D eigenvalue weighted by Gasteiger charge is 2.39. The number of ether oxygens (including phenoxy) is 1. The maximum atomic E-state index is 11.6. The van der Waals surface area contributed by atoms with Gasteiger partial charge in [0, 0.05) is 18.2 Å². The van der Waals surface area contributed by atoms with Gasteiger partial charge >= 0.3 is 5.69 Å². The van der Waals surface area contributed by atoms with Crippen LogP contribution in [0.1, 0.15) is 20.1 Å². The van der Waals surface area contributed by atoms with Gasteiger partial charge in [0.1, 0.15) is 6.23 Å². The van der Waals surface area contributed by atoms with E-state index in [1.807, 2.05) is 13.8 Å². The molecule has 1 aliphatic rings. The van der Waals surface area contributed by atoms with Gasteiger partial charge in [-0.2, -0.15) is 0 Å². The summed E-state index contributed by atoms with van der Waals surface area (Å²) >= 11 is 0. The molecule has 1 aliphatic heterocycles. The smallest absolute Gasteiger partial charge is 0.330 e. The lowest BCUT2D eigenvalue weighted by molar-refractivity contribution is -0.0376. The van der Waals surface area contributed by atoms with E-state index < -0.39 is 17.5 Å². The molecule has 4 atom stereocenters. The van der Waals surface area contributed by atoms with Crippen molar-refractivity contribution in [2.24, 2.45) is 11.8 Å². The SMILES string of the molecule is C[C@H]1[C@H](C)[C@@H](CO)O[C@H]1n1ccc(=O)[nH]c1=O. The topological polar surface area (TPSA) is 84.3 Å². The molecular formula is C11H16N2O4. The summed E-state index contributed by atoms with van der Waals surface area (Å²) in [6.07, 6.45) is 0.717. The van der Waals surface area contributed by atoms with Crippen LogP contribution in [0.25, 0.3) is 0 Å². The molecule has 2 heterocycles. The predicted octanol–water partition coefficient (Wildman–Crippen LogP) is -0.301. The normalized spacial score (nSPS) is 32.9. The van der Waals surface area contributed by atoms with Gasteiger partial charge in [0.15, 0.2) is 0 Å². The number of H-pyrrole nitrogens is 1. The first-order valence-corrected chi connectivity index (χ1v) is 5.62. The summed E-state index contributed by atoms with van der Waals surface area (Å²) in [6.45, 7) is 3.87. The third-order valence-corrected chi connectivity index (χ3v) is 3.49. The van der Waals surface area contributed by atoms with Crippen molar-refractivity contribution < 1.29 is 9.84 Å². The number of hydrogen-bond donors (Lipinski definition) is 2. The van der Waals surface area contributed by atoms with Crippen LogP contribution in [0, 0.1) is 11.8 Å². The second-order valence-electron chi connectivity index (χ2n) is 4.48. The summed E-state index contributed by atoms with van der Waals surface area (Å²) in [5, 5.41) is 9.16. The van der Waals surface area contributed by atoms with Crippen LogP contribution < -0.4 is 11.2 Å². The van der Waals surface area contributed by atoms with Gasteiger partial charge in [-0.1, -0.05) is 13.8 Å².